The van der Waals surface area contributed by atoms with Crippen LogP contribution in [0.15, 0.2) is 53.8 Å². The van der Waals surface area contributed by atoms with E-state index in [9.17, 15) is 4.79 Å². The number of carbonyl (C=O) groups is 1. The molecule has 4 rings (SSSR count). The number of allylic oxidation sites excluding steroid dienone is 6. The van der Waals surface area contributed by atoms with Gasteiger partial charge in [-0.15, -0.1) is 0 Å². The van der Waals surface area contributed by atoms with Crippen molar-refractivity contribution in [1.82, 2.24) is 10.3 Å². The number of nitrogens with zero attached hydrogens (tertiary/aromatic N) is 1. The van der Waals surface area contributed by atoms with E-state index in [1.54, 1.807) is 6.20 Å². The standard InChI is InChI=1S/C22H26N2O/c1-15-19(6-4-12-23-15)14-24-22(25)18-10-11-21-17(13-18)9-8-16-5-2-3-7-20(16)21/h2,4-6,8-9,12,18,20-21H,3,7,10-11,13-14H2,1H3,(H,24,25). The SMILES string of the molecule is Cc1ncccc1CNC(=O)C1CCC2C(=CC=C3C=CCCC32)C1. The third kappa shape index (κ3) is 3.33. The summed E-state index contributed by atoms with van der Waals surface area (Å²) in [5.41, 5.74) is 5.08. The summed E-state index contributed by atoms with van der Waals surface area (Å²) in [6.45, 7) is 2.57. The molecule has 130 valence electrons. The molecule has 3 heteroatoms. The second kappa shape index (κ2) is 6.99. The molecule has 0 spiro atoms. The predicted octanol–water partition coefficient (Wildman–Crippen LogP) is 4.26. The van der Waals surface area contributed by atoms with Crippen molar-refractivity contribution in [1.29, 1.82) is 0 Å². The predicted molar refractivity (Wildman–Crippen MR) is 99.7 cm³/mol. The number of aromatic nitrogens is 1. The van der Waals surface area contributed by atoms with Crippen molar-refractivity contribution in [3.63, 3.8) is 0 Å². The Morgan fingerprint density at radius 2 is 2.16 bits per heavy atom. The molecule has 0 bridgehead atoms. The lowest BCUT2D eigenvalue weighted by atomic mass is 9.65. The summed E-state index contributed by atoms with van der Waals surface area (Å²) in [6, 6.07) is 3.96. The molecule has 3 atom stereocenters. The van der Waals surface area contributed by atoms with Crippen LogP contribution in [0.5, 0.6) is 0 Å². The minimum Gasteiger partial charge on any atom is -0.352 e. The number of carbonyl (C=O) groups excluding carboxylic acids is 1. The van der Waals surface area contributed by atoms with Crippen LogP contribution < -0.4 is 5.32 Å². The van der Waals surface area contributed by atoms with Crippen LogP contribution in [0.2, 0.25) is 0 Å². The molecule has 0 radical (unpaired) electrons. The summed E-state index contributed by atoms with van der Waals surface area (Å²) in [6.07, 6.45) is 16.5. The van der Waals surface area contributed by atoms with Crippen LogP contribution in [0.25, 0.3) is 0 Å². The first-order valence-electron chi connectivity index (χ1n) is 9.48. The topological polar surface area (TPSA) is 42.0 Å². The molecule has 1 amide bonds. The van der Waals surface area contributed by atoms with Crippen LogP contribution in [0, 0.1) is 24.7 Å². The molecule has 0 aliphatic heterocycles. The zero-order valence-corrected chi connectivity index (χ0v) is 14.9. The van der Waals surface area contributed by atoms with E-state index in [1.807, 2.05) is 19.1 Å². The number of nitrogens with one attached hydrogen (secondary N) is 1. The van der Waals surface area contributed by atoms with E-state index in [2.05, 4.69) is 34.6 Å². The summed E-state index contributed by atoms with van der Waals surface area (Å²) in [4.78, 5) is 16.9. The van der Waals surface area contributed by atoms with Crippen LogP contribution >= 0.6 is 0 Å². The van der Waals surface area contributed by atoms with Gasteiger partial charge in [0.1, 0.15) is 0 Å². The molecule has 3 unspecified atom stereocenters. The molecule has 25 heavy (non-hydrogen) atoms. The normalized spacial score (nSPS) is 27.6. The quantitative estimate of drug-likeness (QED) is 0.897. The fourth-order valence-corrected chi connectivity index (χ4v) is 4.61. The van der Waals surface area contributed by atoms with Gasteiger partial charge in [0.05, 0.1) is 0 Å². The fraction of sp³-hybridized carbons (Fsp3) is 0.455. The minimum atomic E-state index is 0.119. The Morgan fingerprint density at radius 1 is 1.24 bits per heavy atom. The van der Waals surface area contributed by atoms with E-state index in [4.69, 9.17) is 0 Å². The number of pyridine rings is 1. The summed E-state index contributed by atoms with van der Waals surface area (Å²) < 4.78 is 0. The molecule has 3 aliphatic rings. The van der Waals surface area contributed by atoms with E-state index < -0.39 is 0 Å². The molecule has 1 heterocycles. The molecular formula is C22H26N2O. The van der Waals surface area contributed by atoms with Gasteiger partial charge in [-0.05, 0) is 68.1 Å². The minimum absolute atomic E-state index is 0.119. The molecule has 1 N–H and O–H groups in total. The van der Waals surface area contributed by atoms with Crippen molar-refractivity contribution in [3.8, 4) is 0 Å². The van der Waals surface area contributed by atoms with Gasteiger partial charge in [0.25, 0.3) is 0 Å². The molecule has 1 saturated carbocycles. The van der Waals surface area contributed by atoms with Crippen molar-refractivity contribution in [3.05, 3.63) is 65.0 Å². The number of amides is 1. The maximum Gasteiger partial charge on any atom is 0.223 e. The Labute approximate surface area is 149 Å². The van der Waals surface area contributed by atoms with E-state index in [-0.39, 0.29) is 11.8 Å². The molecule has 0 saturated heterocycles. The highest BCUT2D eigenvalue weighted by Crippen LogP contribution is 2.46. The second-order valence-electron chi connectivity index (χ2n) is 7.55. The zero-order chi connectivity index (χ0) is 17.2. The fourth-order valence-electron chi connectivity index (χ4n) is 4.61. The maximum absolute atomic E-state index is 12.7. The van der Waals surface area contributed by atoms with Crippen LogP contribution in [-0.2, 0) is 11.3 Å². The van der Waals surface area contributed by atoms with Crippen molar-refractivity contribution in [2.24, 2.45) is 17.8 Å². The van der Waals surface area contributed by atoms with E-state index in [0.717, 1.165) is 30.5 Å². The van der Waals surface area contributed by atoms with Crippen molar-refractivity contribution >= 4 is 5.91 Å². The molecule has 1 aromatic heterocycles. The van der Waals surface area contributed by atoms with Gasteiger partial charge in [-0.1, -0.05) is 35.9 Å². The van der Waals surface area contributed by atoms with Gasteiger partial charge in [-0.3, -0.25) is 9.78 Å². The Hall–Kier alpha value is -2.16. The van der Waals surface area contributed by atoms with Gasteiger partial charge >= 0.3 is 0 Å². The lowest BCUT2D eigenvalue weighted by molar-refractivity contribution is -0.125. The van der Waals surface area contributed by atoms with Gasteiger partial charge in [-0.25, -0.2) is 0 Å². The molecule has 1 aromatic rings. The Bertz CT molecular complexity index is 759. The smallest absolute Gasteiger partial charge is 0.223 e. The summed E-state index contributed by atoms with van der Waals surface area (Å²) in [5.74, 6) is 1.66. The maximum atomic E-state index is 12.7. The average Bonchev–Trinajstić information content (AvgIpc) is 2.66. The van der Waals surface area contributed by atoms with E-state index in [1.165, 1.54) is 24.0 Å². The zero-order valence-electron chi connectivity index (χ0n) is 14.9. The largest absolute Gasteiger partial charge is 0.352 e. The number of fused-ring (bicyclic) bond motifs is 3. The van der Waals surface area contributed by atoms with Crippen LogP contribution in [0.4, 0.5) is 0 Å². The van der Waals surface area contributed by atoms with Gasteiger partial charge in [0.2, 0.25) is 5.91 Å². The Balaban J connectivity index is 1.39. The van der Waals surface area contributed by atoms with Crippen LogP contribution in [0.3, 0.4) is 0 Å². The lowest BCUT2D eigenvalue weighted by Gasteiger charge is -2.39. The highest BCUT2D eigenvalue weighted by Gasteiger charge is 2.36. The summed E-state index contributed by atoms with van der Waals surface area (Å²) >= 11 is 0. The molecule has 3 nitrogen and oxygen atoms in total. The summed E-state index contributed by atoms with van der Waals surface area (Å²) in [7, 11) is 0. The first kappa shape index (κ1) is 16.3. The highest BCUT2D eigenvalue weighted by molar-refractivity contribution is 5.79. The monoisotopic (exact) mass is 334 g/mol. The third-order valence-electron chi connectivity index (χ3n) is 6.08. The highest BCUT2D eigenvalue weighted by atomic mass is 16.1. The molecule has 1 fully saturated rings. The van der Waals surface area contributed by atoms with Crippen molar-refractivity contribution in [2.45, 2.75) is 45.6 Å². The first-order valence-corrected chi connectivity index (χ1v) is 9.48. The number of hydrogen-bond donors (Lipinski definition) is 1. The van der Waals surface area contributed by atoms with Crippen LogP contribution in [0.1, 0.15) is 43.4 Å². The van der Waals surface area contributed by atoms with Gasteiger partial charge in [0, 0.05) is 24.4 Å². The Kier molecular flexibility index (Phi) is 4.56. The van der Waals surface area contributed by atoms with Crippen molar-refractivity contribution in [2.75, 3.05) is 0 Å². The Morgan fingerprint density at radius 3 is 3.04 bits per heavy atom. The van der Waals surface area contributed by atoms with Gasteiger partial charge in [-0.2, -0.15) is 0 Å². The van der Waals surface area contributed by atoms with Crippen LogP contribution in [-0.4, -0.2) is 10.9 Å². The van der Waals surface area contributed by atoms with Gasteiger partial charge in [0.15, 0.2) is 0 Å². The molecule has 0 aromatic carbocycles. The first-order chi connectivity index (χ1) is 12.2. The molecular weight excluding hydrogens is 308 g/mol. The number of hydrogen-bond acceptors (Lipinski definition) is 2. The van der Waals surface area contributed by atoms with E-state index in [0.29, 0.717) is 18.4 Å². The average molecular weight is 334 g/mol. The number of aryl methyl sites for hydroxylation is 1. The summed E-state index contributed by atoms with van der Waals surface area (Å²) in [5, 5.41) is 3.13. The van der Waals surface area contributed by atoms with E-state index >= 15 is 0 Å². The molecule has 3 aliphatic carbocycles. The second-order valence-corrected chi connectivity index (χ2v) is 7.55. The number of rotatable bonds is 3. The van der Waals surface area contributed by atoms with Gasteiger partial charge < -0.3 is 5.32 Å². The van der Waals surface area contributed by atoms with Crippen molar-refractivity contribution < 1.29 is 4.79 Å². The third-order valence-corrected chi connectivity index (χ3v) is 6.08. The lowest BCUT2D eigenvalue weighted by Crippen LogP contribution is -2.36.